The summed E-state index contributed by atoms with van der Waals surface area (Å²) < 4.78 is 21.2. The first-order valence-corrected chi connectivity index (χ1v) is 10.1. The molecule has 0 aromatic heterocycles. The van der Waals surface area contributed by atoms with E-state index in [-0.39, 0.29) is 28.8 Å². The zero-order chi connectivity index (χ0) is 23.4. The van der Waals surface area contributed by atoms with Gasteiger partial charge in [-0.25, -0.2) is 9.79 Å². The van der Waals surface area contributed by atoms with Gasteiger partial charge in [0.25, 0.3) is 0 Å². The van der Waals surface area contributed by atoms with Crippen LogP contribution >= 0.6 is 0 Å². The van der Waals surface area contributed by atoms with Gasteiger partial charge in [-0.05, 0) is 47.0 Å². The van der Waals surface area contributed by atoms with E-state index in [1.807, 2.05) is 54.6 Å². The highest BCUT2D eigenvalue weighted by Crippen LogP contribution is 2.39. The van der Waals surface area contributed by atoms with Crippen molar-refractivity contribution >= 4 is 23.9 Å². The van der Waals surface area contributed by atoms with Gasteiger partial charge >= 0.3 is 11.9 Å². The highest BCUT2D eigenvalue weighted by Gasteiger charge is 2.25. The van der Waals surface area contributed by atoms with Crippen molar-refractivity contribution in [2.24, 2.45) is 4.99 Å². The summed E-state index contributed by atoms with van der Waals surface area (Å²) in [6.45, 7) is 1.28. The van der Waals surface area contributed by atoms with Crippen molar-refractivity contribution in [3.05, 3.63) is 83.6 Å². The highest BCUT2D eigenvalue weighted by atomic mass is 16.6. The summed E-state index contributed by atoms with van der Waals surface area (Å²) in [6, 6.07) is 20.8. The zero-order valence-electron chi connectivity index (χ0n) is 18.3. The molecular formula is C26H21NO6. The van der Waals surface area contributed by atoms with E-state index in [1.165, 1.54) is 21.1 Å². The summed E-state index contributed by atoms with van der Waals surface area (Å²) in [4.78, 5) is 28.2. The summed E-state index contributed by atoms with van der Waals surface area (Å²) in [7, 11) is 2.88. The molecule has 3 aromatic rings. The molecule has 166 valence electrons. The molecule has 0 saturated heterocycles. The molecule has 0 radical (unpaired) electrons. The van der Waals surface area contributed by atoms with Gasteiger partial charge in [-0.3, -0.25) is 4.79 Å². The number of nitrogens with zero attached hydrogens (tertiary/aromatic N) is 1. The Morgan fingerprint density at radius 2 is 1.45 bits per heavy atom. The van der Waals surface area contributed by atoms with Crippen molar-refractivity contribution in [3.8, 4) is 28.4 Å². The molecule has 0 amide bonds. The maximum Gasteiger partial charge on any atom is 0.363 e. The number of hydrogen-bond acceptors (Lipinski definition) is 7. The molecular weight excluding hydrogens is 422 g/mol. The molecule has 0 unspecified atom stereocenters. The van der Waals surface area contributed by atoms with Crippen LogP contribution in [0.25, 0.3) is 17.2 Å². The molecule has 4 rings (SSSR count). The first-order chi connectivity index (χ1) is 16.0. The molecule has 0 saturated carbocycles. The van der Waals surface area contributed by atoms with Crippen LogP contribution in [0.3, 0.4) is 0 Å². The summed E-state index contributed by atoms with van der Waals surface area (Å²) in [5.74, 6) is -0.136. The Bertz CT molecular complexity index is 1230. The Labute approximate surface area is 190 Å². The van der Waals surface area contributed by atoms with Crippen LogP contribution in [-0.4, -0.2) is 32.1 Å². The van der Waals surface area contributed by atoms with Crippen LogP contribution < -0.4 is 14.2 Å². The van der Waals surface area contributed by atoms with Crippen LogP contribution in [-0.2, 0) is 14.3 Å². The predicted molar refractivity (Wildman–Crippen MR) is 123 cm³/mol. The van der Waals surface area contributed by atoms with Gasteiger partial charge in [0.2, 0.25) is 11.6 Å². The number of rotatable bonds is 6. The van der Waals surface area contributed by atoms with Crippen LogP contribution in [0.4, 0.5) is 0 Å². The molecule has 7 heteroatoms. The second kappa shape index (κ2) is 9.40. The van der Waals surface area contributed by atoms with Crippen LogP contribution in [0.5, 0.6) is 17.2 Å². The van der Waals surface area contributed by atoms with Crippen molar-refractivity contribution < 1.29 is 28.5 Å². The van der Waals surface area contributed by atoms with Gasteiger partial charge in [-0.15, -0.1) is 0 Å². The quantitative estimate of drug-likeness (QED) is 0.314. The largest absolute Gasteiger partial charge is 0.493 e. The van der Waals surface area contributed by atoms with Crippen molar-refractivity contribution in [1.82, 2.24) is 0 Å². The SMILES string of the molecule is COc1cc(/C=C2\N=C(c3ccc(-c4ccccc4)cc3)OC2=O)cc(OC)c1OC(C)=O. The topological polar surface area (TPSA) is 83.4 Å². The number of methoxy groups -OCH3 is 2. The number of benzene rings is 3. The number of ether oxygens (including phenoxy) is 4. The molecule has 0 fully saturated rings. The maximum atomic E-state index is 12.4. The minimum Gasteiger partial charge on any atom is -0.493 e. The van der Waals surface area contributed by atoms with Gasteiger partial charge in [0.05, 0.1) is 14.2 Å². The normalized spacial score (nSPS) is 14.0. The Morgan fingerprint density at radius 3 is 2.03 bits per heavy atom. The minimum atomic E-state index is -0.570. The number of esters is 2. The summed E-state index contributed by atoms with van der Waals surface area (Å²) in [5, 5.41) is 0. The van der Waals surface area contributed by atoms with Crippen LogP contribution in [0.15, 0.2) is 77.4 Å². The lowest BCUT2D eigenvalue weighted by atomic mass is 10.0. The third-order valence-electron chi connectivity index (χ3n) is 4.89. The Kier molecular flexibility index (Phi) is 6.22. The number of cyclic esters (lactones) is 1. The van der Waals surface area contributed by atoms with E-state index in [1.54, 1.807) is 18.2 Å². The fourth-order valence-corrected chi connectivity index (χ4v) is 3.35. The van der Waals surface area contributed by atoms with E-state index < -0.39 is 11.9 Å². The van der Waals surface area contributed by atoms with E-state index in [0.717, 1.165) is 11.1 Å². The molecule has 0 N–H and O–H groups in total. The third-order valence-corrected chi connectivity index (χ3v) is 4.89. The number of carbonyl (C=O) groups is 2. The standard InChI is InChI=1S/C26H21NO6/c1-16(28)32-24-22(30-2)14-17(15-23(24)31-3)13-21-26(29)33-25(27-21)20-11-9-19(10-12-20)18-7-5-4-6-8-18/h4-15H,1-3H3/b21-13-. The van der Waals surface area contributed by atoms with Gasteiger partial charge < -0.3 is 18.9 Å². The minimum absolute atomic E-state index is 0.126. The molecule has 3 aromatic carbocycles. The van der Waals surface area contributed by atoms with Gasteiger partial charge in [-0.1, -0.05) is 42.5 Å². The first kappa shape index (κ1) is 21.8. The average Bonchev–Trinajstić information content (AvgIpc) is 3.20. The highest BCUT2D eigenvalue weighted by molar-refractivity contribution is 6.13. The van der Waals surface area contributed by atoms with E-state index in [0.29, 0.717) is 11.1 Å². The molecule has 7 nitrogen and oxygen atoms in total. The Hall–Kier alpha value is -4.39. The zero-order valence-corrected chi connectivity index (χ0v) is 18.3. The van der Waals surface area contributed by atoms with Crippen LogP contribution in [0, 0.1) is 0 Å². The smallest absolute Gasteiger partial charge is 0.363 e. The van der Waals surface area contributed by atoms with Gasteiger partial charge in [0.15, 0.2) is 17.2 Å². The van der Waals surface area contributed by atoms with Crippen molar-refractivity contribution in [3.63, 3.8) is 0 Å². The van der Waals surface area contributed by atoms with E-state index in [4.69, 9.17) is 18.9 Å². The van der Waals surface area contributed by atoms with E-state index in [2.05, 4.69) is 4.99 Å². The molecule has 0 bridgehead atoms. The monoisotopic (exact) mass is 443 g/mol. The summed E-state index contributed by atoms with van der Waals surface area (Å²) >= 11 is 0. The van der Waals surface area contributed by atoms with E-state index >= 15 is 0 Å². The van der Waals surface area contributed by atoms with E-state index in [9.17, 15) is 9.59 Å². The number of carbonyl (C=O) groups excluding carboxylic acids is 2. The maximum absolute atomic E-state index is 12.4. The van der Waals surface area contributed by atoms with Gasteiger partial charge in [0.1, 0.15) is 0 Å². The molecule has 0 aliphatic carbocycles. The molecule has 1 heterocycles. The second-order valence-electron chi connectivity index (χ2n) is 7.13. The van der Waals surface area contributed by atoms with Crippen molar-refractivity contribution in [2.45, 2.75) is 6.92 Å². The lowest BCUT2D eigenvalue weighted by Gasteiger charge is -2.13. The molecule has 1 aliphatic rings. The number of hydrogen-bond donors (Lipinski definition) is 0. The summed E-state index contributed by atoms with van der Waals surface area (Å²) in [5.41, 5.74) is 3.52. The average molecular weight is 443 g/mol. The Balaban J connectivity index is 1.64. The lowest BCUT2D eigenvalue weighted by Crippen LogP contribution is -2.05. The van der Waals surface area contributed by atoms with Gasteiger partial charge in [0, 0.05) is 12.5 Å². The fourth-order valence-electron chi connectivity index (χ4n) is 3.35. The summed E-state index contributed by atoms with van der Waals surface area (Å²) in [6.07, 6.45) is 1.55. The van der Waals surface area contributed by atoms with Crippen LogP contribution in [0.2, 0.25) is 0 Å². The first-order valence-electron chi connectivity index (χ1n) is 10.1. The van der Waals surface area contributed by atoms with Crippen LogP contribution in [0.1, 0.15) is 18.1 Å². The van der Waals surface area contributed by atoms with Gasteiger partial charge in [-0.2, -0.15) is 0 Å². The molecule has 0 atom stereocenters. The second-order valence-corrected chi connectivity index (χ2v) is 7.13. The van der Waals surface area contributed by atoms with Crippen molar-refractivity contribution in [1.29, 1.82) is 0 Å². The molecule has 0 spiro atoms. The third kappa shape index (κ3) is 4.77. The molecule has 33 heavy (non-hydrogen) atoms. The Morgan fingerprint density at radius 1 is 0.879 bits per heavy atom. The van der Waals surface area contributed by atoms with Crippen molar-refractivity contribution in [2.75, 3.05) is 14.2 Å². The lowest BCUT2D eigenvalue weighted by molar-refractivity contribution is -0.132. The predicted octanol–water partition coefficient (Wildman–Crippen LogP) is 4.64. The molecule has 1 aliphatic heterocycles. The number of aliphatic imine (C=N–C) groups is 1. The fraction of sp³-hybridized carbons (Fsp3) is 0.115.